The van der Waals surface area contributed by atoms with Crippen LogP contribution in [0.4, 0.5) is 5.69 Å². The molecule has 0 bridgehead atoms. The molecule has 0 aliphatic rings. The van der Waals surface area contributed by atoms with Crippen LogP contribution in [0.25, 0.3) is 21.9 Å². The van der Waals surface area contributed by atoms with E-state index in [1.807, 2.05) is 66.3 Å². The highest BCUT2D eigenvalue weighted by Gasteiger charge is 2.11. The van der Waals surface area contributed by atoms with Crippen LogP contribution in [0.3, 0.4) is 0 Å². The lowest BCUT2D eigenvalue weighted by Gasteiger charge is -2.05. The predicted molar refractivity (Wildman–Crippen MR) is 90.9 cm³/mol. The minimum Gasteiger partial charge on any atom is -0.494 e. The van der Waals surface area contributed by atoms with Gasteiger partial charge in [0.25, 0.3) is 0 Å². The van der Waals surface area contributed by atoms with E-state index in [0.717, 1.165) is 38.9 Å². The fourth-order valence-corrected chi connectivity index (χ4v) is 2.75. The van der Waals surface area contributed by atoms with Gasteiger partial charge in [0, 0.05) is 30.1 Å². The first kappa shape index (κ1) is 13.6. The van der Waals surface area contributed by atoms with Crippen LogP contribution in [0.15, 0.2) is 70.2 Å². The molecule has 0 atom stereocenters. The summed E-state index contributed by atoms with van der Waals surface area (Å²) >= 11 is 0. The van der Waals surface area contributed by atoms with Gasteiger partial charge in [-0.1, -0.05) is 24.3 Å². The molecule has 2 heterocycles. The zero-order valence-corrected chi connectivity index (χ0v) is 13.0. The van der Waals surface area contributed by atoms with Gasteiger partial charge in [-0.2, -0.15) is 0 Å². The second-order valence-corrected chi connectivity index (χ2v) is 5.40. The molecule has 2 aromatic carbocycles. The zero-order chi connectivity index (χ0) is 15.8. The second-order valence-electron chi connectivity index (χ2n) is 5.40. The van der Waals surface area contributed by atoms with Crippen molar-refractivity contribution in [2.45, 2.75) is 0 Å². The highest BCUT2D eigenvalue weighted by molar-refractivity contribution is 6.06. The molecule has 0 amide bonds. The van der Waals surface area contributed by atoms with Gasteiger partial charge in [0.05, 0.1) is 7.11 Å². The number of hydrogen-bond acceptors (Lipinski definition) is 3. The van der Waals surface area contributed by atoms with E-state index in [1.54, 1.807) is 7.11 Å². The fraction of sp³-hybridized carbons (Fsp3) is 0.105. The number of rotatable bonds is 2. The lowest BCUT2D eigenvalue weighted by Crippen LogP contribution is -2.15. The summed E-state index contributed by atoms with van der Waals surface area (Å²) in [5.74, 6) is 0.730. The van der Waals surface area contributed by atoms with Crippen LogP contribution >= 0.6 is 0 Å². The Balaban J connectivity index is 2.02. The standard InChI is InChI=1S/C19H16N2O2/c1-21-10-6-5-9-19(21)20-15-12-17-14(11-18(15)22-2)13-7-3-4-8-16(13)23-17/h3-12H,1-2H3. The molecule has 0 saturated heterocycles. The number of benzene rings is 2. The summed E-state index contributed by atoms with van der Waals surface area (Å²) in [5.41, 5.74) is 3.28. The highest BCUT2D eigenvalue weighted by Crippen LogP contribution is 2.37. The maximum atomic E-state index is 5.94. The fourth-order valence-electron chi connectivity index (χ4n) is 2.75. The molecule has 0 aliphatic heterocycles. The number of hydrogen-bond donors (Lipinski definition) is 0. The van der Waals surface area contributed by atoms with Gasteiger partial charge in [-0.25, -0.2) is 4.99 Å². The molecule has 23 heavy (non-hydrogen) atoms. The van der Waals surface area contributed by atoms with Crippen molar-refractivity contribution in [3.05, 3.63) is 66.3 Å². The van der Waals surface area contributed by atoms with Crippen molar-refractivity contribution in [1.82, 2.24) is 4.57 Å². The average Bonchev–Trinajstić information content (AvgIpc) is 2.93. The minimum absolute atomic E-state index is 0.730. The van der Waals surface area contributed by atoms with Crippen molar-refractivity contribution in [1.29, 1.82) is 0 Å². The summed E-state index contributed by atoms with van der Waals surface area (Å²) in [6.45, 7) is 0. The lowest BCUT2D eigenvalue weighted by atomic mass is 10.1. The number of fused-ring (bicyclic) bond motifs is 3. The SMILES string of the molecule is COc1cc2c(cc1N=c1ccccn1C)oc1ccccc12. The summed E-state index contributed by atoms with van der Waals surface area (Å²) < 4.78 is 13.4. The van der Waals surface area contributed by atoms with Crippen LogP contribution < -0.4 is 10.2 Å². The Morgan fingerprint density at radius 1 is 0.957 bits per heavy atom. The molecule has 4 heteroatoms. The molecular weight excluding hydrogens is 288 g/mol. The second kappa shape index (κ2) is 5.32. The molecule has 0 fully saturated rings. The van der Waals surface area contributed by atoms with Crippen LogP contribution in [-0.4, -0.2) is 11.7 Å². The van der Waals surface area contributed by atoms with E-state index in [2.05, 4.69) is 6.07 Å². The van der Waals surface area contributed by atoms with E-state index in [9.17, 15) is 0 Å². The van der Waals surface area contributed by atoms with E-state index in [1.165, 1.54) is 0 Å². The Hall–Kier alpha value is -3.01. The summed E-state index contributed by atoms with van der Waals surface area (Å²) in [6.07, 6.45) is 1.96. The summed E-state index contributed by atoms with van der Waals surface area (Å²) in [6, 6.07) is 17.8. The van der Waals surface area contributed by atoms with Gasteiger partial charge in [0.1, 0.15) is 28.1 Å². The first-order valence-electron chi connectivity index (χ1n) is 7.42. The molecule has 2 aromatic heterocycles. The Bertz CT molecular complexity index is 1070. The van der Waals surface area contributed by atoms with Crippen molar-refractivity contribution in [2.75, 3.05) is 7.11 Å². The van der Waals surface area contributed by atoms with Crippen molar-refractivity contribution >= 4 is 27.6 Å². The first-order chi connectivity index (χ1) is 11.3. The number of nitrogens with zero attached hydrogens (tertiary/aromatic N) is 2. The van der Waals surface area contributed by atoms with E-state index in [4.69, 9.17) is 14.1 Å². The van der Waals surface area contributed by atoms with Crippen LogP contribution in [0.1, 0.15) is 0 Å². The van der Waals surface area contributed by atoms with Gasteiger partial charge in [-0.3, -0.25) is 0 Å². The quantitative estimate of drug-likeness (QED) is 0.557. The van der Waals surface area contributed by atoms with Gasteiger partial charge in [-0.15, -0.1) is 0 Å². The number of ether oxygens (including phenoxy) is 1. The Labute approximate surface area is 133 Å². The topological polar surface area (TPSA) is 39.7 Å². The third-order valence-electron chi connectivity index (χ3n) is 3.94. The van der Waals surface area contributed by atoms with Crippen LogP contribution in [-0.2, 0) is 7.05 Å². The molecule has 114 valence electrons. The zero-order valence-electron chi connectivity index (χ0n) is 13.0. The van der Waals surface area contributed by atoms with Crippen molar-refractivity contribution in [3.63, 3.8) is 0 Å². The minimum atomic E-state index is 0.730. The normalized spacial score (nSPS) is 12.2. The maximum Gasteiger partial charge on any atom is 0.145 e. The van der Waals surface area contributed by atoms with E-state index in [0.29, 0.717) is 0 Å². The van der Waals surface area contributed by atoms with Crippen LogP contribution in [0.2, 0.25) is 0 Å². The van der Waals surface area contributed by atoms with Crippen molar-refractivity contribution < 1.29 is 9.15 Å². The molecule has 4 nitrogen and oxygen atoms in total. The molecule has 0 saturated carbocycles. The Morgan fingerprint density at radius 2 is 1.78 bits per heavy atom. The van der Waals surface area contributed by atoms with Gasteiger partial charge in [0.15, 0.2) is 0 Å². The molecule has 0 radical (unpaired) electrons. The van der Waals surface area contributed by atoms with Gasteiger partial charge >= 0.3 is 0 Å². The predicted octanol–water partition coefficient (Wildman–Crippen LogP) is 4.17. The molecular formula is C19H16N2O2. The number of para-hydroxylation sites is 1. The van der Waals surface area contributed by atoms with Gasteiger partial charge in [0.2, 0.25) is 0 Å². The number of methoxy groups -OCH3 is 1. The Morgan fingerprint density at radius 3 is 2.61 bits per heavy atom. The van der Waals surface area contributed by atoms with E-state index < -0.39 is 0 Å². The number of furan rings is 1. The highest BCUT2D eigenvalue weighted by atomic mass is 16.5. The van der Waals surface area contributed by atoms with Crippen molar-refractivity contribution in [3.8, 4) is 5.75 Å². The largest absolute Gasteiger partial charge is 0.494 e. The molecule has 4 rings (SSSR count). The molecule has 4 aromatic rings. The third kappa shape index (κ3) is 2.28. The van der Waals surface area contributed by atoms with Gasteiger partial charge in [-0.05, 0) is 24.3 Å². The number of aromatic nitrogens is 1. The van der Waals surface area contributed by atoms with Crippen molar-refractivity contribution in [2.24, 2.45) is 12.0 Å². The molecule has 0 N–H and O–H groups in total. The maximum absolute atomic E-state index is 5.94. The number of pyridine rings is 1. The summed E-state index contributed by atoms with van der Waals surface area (Å²) in [5, 5.41) is 2.12. The smallest absolute Gasteiger partial charge is 0.145 e. The monoisotopic (exact) mass is 304 g/mol. The Kier molecular flexibility index (Phi) is 3.15. The average molecular weight is 304 g/mol. The summed E-state index contributed by atoms with van der Waals surface area (Å²) in [7, 11) is 3.62. The van der Waals surface area contributed by atoms with Gasteiger partial charge < -0.3 is 13.7 Å². The molecule has 0 spiro atoms. The van der Waals surface area contributed by atoms with Crippen LogP contribution in [0.5, 0.6) is 5.75 Å². The first-order valence-corrected chi connectivity index (χ1v) is 7.42. The summed E-state index contributed by atoms with van der Waals surface area (Å²) in [4.78, 5) is 4.71. The molecule has 0 aliphatic carbocycles. The van der Waals surface area contributed by atoms with E-state index in [-0.39, 0.29) is 0 Å². The van der Waals surface area contributed by atoms with E-state index >= 15 is 0 Å². The van der Waals surface area contributed by atoms with Crippen LogP contribution in [0, 0.1) is 0 Å². The number of aryl methyl sites for hydroxylation is 1. The third-order valence-corrected chi connectivity index (χ3v) is 3.94. The molecule has 0 unspecified atom stereocenters. The lowest BCUT2D eigenvalue weighted by molar-refractivity contribution is 0.416.